The number of benzene rings is 2. The summed E-state index contributed by atoms with van der Waals surface area (Å²) in [5, 5.41) is 5.16. The minimum Gasteiger partial charge on any atom is -0.497 e. The first kappa shape index (κ1) is 17.6. The molecule has 0 amide bonds. The van der Waals surface area contributed by atoms with E-state index < -0.39 is 0 Å². The van der Waals surface area contributed by atoms with Crippen molar-refractivity contribution in [1.82, 2.24) is 10.3 Å². The lowest BCUT2D eigenvalue weighted by atomic mass is 9.80. The fourth-order valence-corrected chi connectivity index (χ4v) is 5.04. The van der Waals surface area contributed by atoms with Crippen molar-refractivity contribution < 1.29 is 4.74 Å². The summed E-state index contributed by atoms with van der Waals surface area (Å²) in [5.41, 5.74) is 7.07. The second kappa shape index (κ2) is 7.48. The molecular formula is C25H28N2O. The Hall–Kier alpha value is -2.52. The highest BCUT2D eigenvalue weighted by molar-refractivity contribution is 5.84. The van der Waals surface area contributed by atoms with Crippen LogP contribution in [0.25, 0.3) is 16.5 Å². The van der Waals surface area contributed by atoms with Crippen LogP contribution in [0, 0.1) is 5.92 Å². The Kier molecular flexibility index (Phi) is 4.69. The van der Waals surface area contributed by atoms with Gasteiger partial charge in [0.15, 0.2) is 0 Å². The summed E-state index contributed by atoms with van der Waals surface area (Å²) in [6.45, 7) is 0.961. The van der Waals surface area contributed by atoms with E-state index in [0.29, 0.717) is 6.04 Å². The van der Waals surface area contributed by atoms with E-state index in [4.69, 9.17) is 4.74 Å². The number of fused-ring (bicyclic) bond motifs is 3. The van der Waals surface area contributed by atoms with Gasteiger partial charge in [-0.05, 0) is 72.9 Å². The fraction of sp³-hybridized carbons (Fsp3) is 0.360. The number of H-pyrrole nitrogens is 1. The van der Waals surface area contributed by atoms with E-state index in [9.17, 15) is 0 Å². The normalized spacial score (nSPS) is 22.0. The van der Waals surface area contributed by atoms with Crippen LogP contribution in [0.3, 0.4) is 0 Å². The van der Waals surface area contributed by atoms with Crippen molar-refractivity contribution in [3.8, 4) is 5.75 Å². The highest BCUT2D eigenvalue weighted by Crippen LogP contribution is 2.35. The average Bonchev–Trinajstić information content (AvgIpc) is 3.12. The number of aromatic amines is 1. The maximum atomic E-state index is 5.41. The van der Waals surface area contributed by atoms with Gasteiger partial charge in [-0.2, -0.15) is 0 Å². The van der Waals surface area contributed by atoms with Gasteiger partial charge in [-0.25, -0.2) is 0 Å². The Morgan fingerprint density at radius 3 is 2.93 bits per heavy atom. The third-order valence-electron chi connectivity index (χ3n) is 6.48. The van der Waals surface area contributed by atoms with E-state index in [2.05, 4.69) is 58.8 Å². The molecule has 1 aromatic heterocycles. The Morgan fingerprint density at radius 1 is 1.07 bits per heavy atom. The molecular weight excluding hydrogens is 344 g/mol. The highest BCUT2D eigenvalue weighted by atomic mass is 16.5. The molecule has 144 valence electrons. The molecule has 2 atom stereocenters. The Morgan fingerprint density at radius 2 is 2.00 bits per heavy atom. The van der Waals surface area contributed by atoms with Crippen LogP contribution in [-0.4, -0.2) is 24.7 Å². The maximum Gasteiger partial charge on any atom is 0.119 e. The van der Waals surface area contributed by atoms with Crippen molar-refractivity contribution >= 4 is 16.5 Å². The maximum absolute atomic E-state index is 5.41. The summed E-state index contributed by atoms with van der Waals surface area (Å²) < 4.78 is 5.41. The molecule has 3 nitrogen and oxygen atoms in total. The molecule has 5 rings (SSSR count). The summed E-state index contributed by atoms with van der Waals surface area (Å²) in [5.74, 6) is 1.70. The van der Waals surface area contributed by atoms with Crippen LogP contribution in [0.15, 0.2) is 54.6 Å². The minimum absolute atomic E-state index is 0.558. The molecule has 0 saturated carbocycles. The van der Waals surface area contributed by atoms with E-state index in [1.165, 1.54) is 53.4 Å². The van der Waals surface area contributed by atoms with Gasteiger partial charge in [0.25, 0.3) is 0 Å². The zero-order valence-electron chi connectivity index (χ0n) is 16.5. The number of para-hydroxylation sites is 1. The molecule has 28 heavy (non-hydrogen) atoms. The Labute approximate surface area is 166 Å². The predicted octanol–water partition coefficient (Wildman–Crippen LogP) is 5.12. The van der Waals surface area contributed by atoms with E-state index in [-0.39, 0.29) is 0 Å². The molecule has 2 N–H and O–H groups in total. The molecule has 2 aliphatic rings. The number of ether oxygens (including phenoxy) is 1. The van der Waals surface area contributed by atoms with Gasteiger partial charge in [0.2, 0.25) is 0 Å². The lowest BCUT2D eigenvalue weighted by Crippen LogP contribution is -2.35. The number of aromatic nitrogens is 1. The van der Waals surface area contributed by atoms with Gasteiger partial charge in [-0.15, -0.1) is 0 Å². The molecule has 1 aliphatic carbocycles. The van der Waals surface area contributed by atoms with Crippen LogP contribution in [0.2, 0.25) is 0 Å². The smallest absolute Gasteiger partial charge is 0.119 e. The van der Waals surface area contributed by atoms with E-state index in [1.54, 1.807) is 12.7 Å². The van der Waals surface area contributed by atoms with Gasteiger partial charge in [0.1, 0.15) is 5.75 Å². The SMILES string of the molecule is COc1cccc(C2=CCNC(CC3CCc4[nH]c5ccccc5c4C3)C2)c1. The van der Waals surface area contributed by atoms with Crippen molar-refractivity contribution in [3.63, 3.8) is 0 Å². The number of hydrogen-bond donors (Lipinski definition) is 2. The van der Waals surface area contributed by atoms with E-state index in [1.807, 2.05) is 6.07 Å². The zero-order valence-corrected chi connectivity index (χ0v) is 16.5. The minimum atomic E-state index is 0.558. The van der Waals surface area contributed by atoms with Crippen molar-refractivity contribution in [1.29, 1.82) is 0 Å². The summed E-state index contributed by atoms with van der Waals surface area (Å²) in [6.07, 6.45) is 8.36. The third-order valence-corrected chi connectivity index (χ3v) is 6.48. The summed E-state index contributed by atoms with van der Waals surface area (Å²) in [7, 11) is 1.74. The van der Waals surface area contributed by atoms with Crippen LogP contribution in [0.4, 0.5) is 0 Å². The standard InChI is InChI=1S/C25H28N2O/c1-28-21-6-4-5-18(16-21)19-11-12-26-20(15-19)13-17-9-10-25-23(14-17)22-7-2-3-8-24(22)27-25/h2-8,11,16-17,20,26-27H,9-10,12-15H2,1H3. The summed E-state index contributed by atoms with van der Waals surface area (Å²) in [4.78, 5) is 3.64. The highest BCUT2D eigenvalue weighted by Gasteiger charge is 2.26. The molecule has 0 spiro atoms. The van der Waals surface area contributed by atoms with Crippen molar-refractivity contribution in [3.05, 3.63) is 71.4 Å². The van der Waals surface area contributed by atoms with Crippen LogP contribution in [-0.2, 0) is 12.8 Å². The molecule has 3 heteroatoms. The predicted molar refractivity (Wildman–Crippen MR) is 116 cm³/mol. The first-order valence-corrected chi connectivity index (χ1v) is 10.5. The second-order valence-corrected chi connectivity index (χ2v) is 8.24. The molecule has 1 aliphatic heterocycles. The molecule has 0 radical (unpaired) electrons. The van der Waals surface area contributed by atoms with E-state index >= 15 is 0 Å². The molecule has 0 fully saturated rings. The number of hydrogen-bond acceptors (Lipinski definition) is 2. The lowest BCUT2D eigenvalue weighted by molar-refractivity contribution is 0.356. The van der Waals surface area contributed by atoms with Crippen LogP contribution >= 0.6 is 0 Å². The summed E-state index contributed by atoms with van der Waals surface area (Å²) >= 11 is 0. The number of aryl methyl sites for hydroxylation is 1. The van der Waals surface area contributed by atoms with Gasteiger partial charge >= 0.3 is 0 Å². The average molecular weight is 373 g/mol. The quantitative estimate of drug-likeness (QED) is 0.667. The van der Waals surface area contributed by atoms with Crippen LogP contribution in [0.5, 0.6) is 5.75 Å². The van der Waals surface area contributed by atoms with Crippen molar-refractivity contribution in [2.24, 2.45) is 5.92 Å². The largest absolute Gasteiger partial charge is 0.497 e. The molecule has 0 saturated heterocycles. The topological polar surface area (TPSA) is 37.0 Å². The van der Waals surface area contributed by atoms with Crippen LogP contribution in [0.1, 0.15) is 36.1 Å². The van der Waals surface area contributed by atoms with Crippen molar-refractivity contribution in [2.75, 3.05) is 13.7 Å². The number of rotatable bonds is 4. The van der Waals surface area contributed by atoms with Gasteiger partial charge in [-0.3, -0.25) is 0 Å². The lowest BCUT2D eigenvalue weighted by Gasteiger charge is -2.30. The first-order valence-electron chi connectivity index (χ1n) is 10.5. The van der Waals surface area contributed by atoms with Crippen LogP contribution < -0.4 is 10.1 Å². The van der Waals surface area contributed by atoms with Gasteiger partial charge < -0.3 is 15.0 Å². The molecule has 0 bridgehead atoms. The molecule has 2 heterocycles. The third kappa shape index (κ3) is 3.35. The monoisotopic (exact) mass is 372 g/mol. The van der Waals surface area contributed by atoms with Gasteiger partial charge in [-0.1, -0.05) is 36.4 Å². The first-order chi connectivity index (χ1) is 13.8. The summed E-state index contributed by atoms with van der Waals surface area (Å²) in [6, 6.07) is 17.8. The van der Waals surface area contributed by atoms with Crippen molar-refractivity contribution in [2.45, 2.75) is 38.1 Å². The zero-order chi connectivity index (χ0) is 18.9. The molecule has 2 aromatic carbocycles. The number of methoxy groups -OCH3 is 1. The fourth-order valence-electron chi connectivity index (χ4n) is 5.04. The number of nitrogens with one attached hydrogen (secondary N) is 2. The van der Waals surface area contributed by atoms with Gasteiger partial charge in [0.05, 0.1) is 7.11 Å². The Balaban J connectivity index is 1.29. The molecule has 3 aromatic rings. The van der Waals surface area contributed by atoms with E-state index in [0.717, 1.165) is 24.6 Å². The Bertz CT molecular complexity index is 1020. The second-order valence-electron chi connectivity index (χ2n) is 8.24. The van der Waals surface area contributed by atoms with Gasteiger partial charge in [0, 0.05) is 29.2 Å². The molecule has 2 unspecified atom stereocenters.